The predicted octanol–water partition coefficient (Wildman–Crippen LogP) is 4.32. The topological polar surface area (TPSA) is 41.5 Å². The van der Waals surface area contributed by atoms with Gasteiger partial charge in [-0.1, -0.05) is 66.7 Å². The number of rotatable bonds is 7. The van der Waals surface area contributed by atoms with Gasteiger partial charge in [0.15, 0.2) is 11.5 Å². The van der Waals surface area contributed by atoms with Crippen LogP contribution in [0, 0.1) is 0 Å². The van der Waals surface area contributed by atoms with E-state index in [4.69, 9.17) is 4.74 Å². The summed E-state index contributed by atoms with van der Waals surface area (Å²) in [6, 6.07) is 26.5. The molecule has 0 aliphatic carbocycles. The fourth-order valence-electron chi connectivity index (χ4n) is 2.99. The summed E-state index contributed by atoms with van der Waals surface area (Å²) in [6.07, 6.45) is 0. The standard InChI is InChI=1S/C22H23NO2/c1-25-22-14-17(12-13-21(22)24)15-23-16-20(18-8-4-2-5-9-18)19-10-6-3-7-11-19/h2-14,20,23-24H,15-16H2,1H3. The Morgan fingerprint density at radius 2 is 1.48 bits per heavy atom. The van der Waals surface area contributed by atoms with E-state index in [9.17, 15) is 5.11 Å². The first-order chi connectivity index (χ1) is 12.3. The van der Waals surface area contributed by atoms with Crippen LogP contribution in [0.25, 0.3) is 0 Å². The van der Waals surface area contributed by atoms with Crippen molar-refractivity contribution in [2.75, 3.05) is 13.7 Å². The van der Waals surface area contributed by atoms with Crippen LogP contribution in [0.1, 0.15) is 22.6 Å². The minimum atomic E-state index is 0.165. The molecule has 3 aromatic rings. The van der Waals surface area contributed by atoms with Gasteiger partial charge in [-0.25, -0.2) is 0 Å². The molecule has 0 radical (unpaired) electrons. The van der Waals surface area contributed by atoms with Gasteiger partial charge in [-0.3, -0.25) is 0 Å². The summed E-state index contributed by atoms with van der Waals surface area (Å²) >= 11 is 0. The third kappa shape index (κ3) is 4.40. The molecular formula is C22H23NO2. The van der Waals surface area contributed by atoms with Crippen LogP contribution in [0.5, 0.6) is 11.5 Å². The van der Waals surface area contributed by atoms with Crippen LogP contribution in [-0.4, -0.2) is 18.8 Å². The Morgan fingerprint density at radius 3 is 2.04 bits per heavy atom. The molecule has 0 aliphatic rings. The molecular weight excluding hydrogens is 310 g/mol. The number of nitrogens with one attached hydrogen (secondary N) is 1. The lowest BCUT2D eigenvalue weighted by Gasteiger charge is -2.19. The zero-order valence-electron chi connectivity index (χ0n) is 14.4. The Bertz CT molecular complexity index is 748. The molecule has 25 heavy (non-hydrogen) atoms. The van der Waals surface area contributed by atoms with Crippen molar-refractivity contribution >= 4 is 0 Å². The van der Waals surface area contributed by atoms with Gasteiger partial charge < -0.3 is 15.2 Å². The van der Waals surface area contributed by atoms with Crippen LogP contribution in [0.2, 0.25) is 0 Å². The largest absolute Gasteiger partial charge is 0.504 e. The maximum absolute atomic E-state index is 9.70. The lowest BCUT2D eigenvalue weighted by molar-refractivity contribution is 0.372. The van der Waals surface area contributed by atoms with Crippen LogP contribution in [0.4, 0.5) is 0 Å². The Kier molecular flexibility index (Phi) is 5.70. The smallest absolute Gasteiger partial charge is 0.160 e. The average molecular weight is 333 g/mol. The van der Waals surface area contributed by atoms with Gasteiger partial charge in [0.05, 0.1) is 7.11 Å². The number of aromatic hydroxyl groups is 1. The second-order valence-electron chi connectivity index (χ2n) is 6.01. The minimum Gasteiger partial charge on any atom is -0.504 e. The molecule has 0 bridgehead atoms. The molecule has 3 heteroatoms. The highest BCUT2D eigenvalue weighted by atomic mass is 16.5. The Balaban J connectivity index is 1.71. The van der Waals surface area contributed by atoms with E-state index < -0.39 is 0 Å². The van der Waals surface area contributed by atoms with Crippen LogP contribution in [0.15, 0.2) is 78.9 Å². The van der Waals surface area contributed by atoms with E-state index in [0.717, 1.165) is 12.1 Å². The normalized spacial score (nSPS) is 10.8. The number of benzene rings is 3. The summed E-state index contributed by atoms with van der Waals surface area (Å²) < 4.78 is 5.17. The summed E-state index contributed by atoms with van der Waals surface area (Å²) in [5.74, 6) is 0.959. The van der Waals surface area contributed by atoms with Gasteiger partial charge in [0.25, 0.3) is 0 Å². The zero-order chi connectivity index (χ0) is 17.5. The third-order valence-electron chi connectivity index (χ3n) is 4.33. The van der Waals surface area contributed by atoms with Crippen molar-refractivity contribution in [3.63, 3.8) is 0 Å². The Hall–Kier alpha value is -2.78. The summed E-state index contributed by atoms with van der Waals surface area (Å²) in [5, 5.41) is 13.2. The van der Waals surface area contributed by atoms with Crippen LogP contribution >= 0.6 is 0 Å². The van der Waals surface area contributed by atoms with Crippen molar-refractivity contribution in [3.05, 3.63) is 95.6 Å². The number of methoxy groups -OCH3 is 1. The van der Waals surface area contributed by atoms with Crippen LogP contribution in [-0.2, 0) is 6.54 Å². The molecule has 0 atom stereocenters. The van der Waals surface area contributed by atoms with Crippen molar-refractivity contribution in [1.29, 1.82) is 0 Å². The molecule has 0 amide bonds. The van der Waals surface area contributed by atoms with E-state index in [-0.39, 0.29) is 5.75 Å². The van der Waals surface area contributed by atoms with Crippen LogP contribution in [0.3, 0.4) is 0 Å². The quantitative estimate of drug-likeness (QED) is 0.676. The first-order valence-corrected chi connectivity index (χ1v) is 8.44. The van der Waals surface area contributed by atoms with Crippen molar-refractivity contribution in [3.8, 4) is 11.5 Å². The number of phenols is 1. The lowest BCUT2D eigenvalue weighted by Crippen LogP contribution is -2.22. The van der Waals surface area contributed by atoms with E-state index in [1.54, 1.807) is 13.2 Å². The van der Waals surface area contributed by atoms with E-state index in [1.165, 1.54) is 11.1 Å². The Morgan fingerprint density at radius 1 is 0.880 bits per heavy atom. The fourth-order valence-corrected chi connectivity index (χ4v) is 2.99. The second kappa shape index (κ2) is 8.36. The molecule has 0 spiro atoms. The molecule has 3 nitrogen and oxygen atoms in total. The molecule has 0 aliphatic heterocycles. The first-order valence-electron chi connectivity index (χ1n) is 8.44. The summed E-state index contributed by atoms with van der Waals surface area (Å²) in [7, 11) is 1.56. The van der Waals surface area contributed by atoms with Gasteiger partial charge in [-0.2, -0.15) is 0 Å². The maximum atomic E-state index is 9.70. The van der Waals surface area contributed by atoms with Crippen molar-refractivity contribution < 1.29 is 9.84 Å². The van der Waals surface area contributed by atoms with Crippen molar-refractivity contribution in [2.45, 2.75) is 12.5 Å². The van der Waals surface area contributed by atoms with Gasteiger partial charge in [-0.15, -0.1) is 0 Å². The van der Waals surface area contributed by atoms with Gasteiger partial charge in [-0.05, 0) is 28.8 Å². The summed E-state index contributed by atoms with van der Waals surface area (Å²) in [6.45, 7) is 1.55. The molecule has 0 aromatic heterocycles. The predicted molar refractivity (Wildman–Crippen MR) is 101 cm³/mol. The minimum absolute atomic E-state index is 0.165. The molecule has 2 N–H and O–H groups in total. The van der Waals surface area contributed by atoms with Gasteiger partial charge in [0.2, 0.25) is 0 Å². The van der Waals surface area contributed by atoms with E-state index in [0.29, 0.717) is 18.2 Å². The zero-order valence-corrected chi connectivity index (χ0v) is 14.4. The molecule has 0 saturated heterocycles. The first kappa shape index (κ1) is 17.1. The fraction of sp³-hybridized carbons (Fsp3) is 0.182. The molecule has 128 valence electrons. The molecule has 3 rings (SSSR count). The number of hydrogen-bond acceptors (Lipinski definition) is 3. The molecule has 0 unspecified atom stereocenters. The van der Waals surface area contributed by atoms with Crippen molar-refractivity contribution in [2.24, 2.45) is 0 Å². The van der Waals surface area contributed by atoms with Gasteiger partial charge >= 0.3 is 0 Å². The monoisotopic (exact) mass is 333 g/mol. The summed E-state index contributed by atoms with van der Waals surface area (Å²) in [5.41, 5.74) is 3.67. The SMILES string of the molecule is COc1cc(CNCC(c2ccccc2)c2ccccc2)ccc1O. The van der Waals surface area contributed by atoms with Crippen molar-refractivity contribution in [1.82, 2.24) is 5.32 Å². The Labute approximate surface area is 148 Å². The third-order valence-corrected chi connectivity index (χ3v) is 4.33. The number of hydrogen-bond donors (Lipinski definition) is 2. The highest BCUT2D eigenvalue weighted by molar-refractivity contribution is 5.41. The number of phenolic OH excluding ortho intramolecular Hbond substituents is 1. The van der Waals surface area contributed by atoms with E-state index >= 15 is 0 Å². The highest BCUT2D eigenvalue weighted by Gasteiger charge is 2.13. The second-order valence-corrected chi connectivity index (χ2v) is 6.01. The lowest BCUT2D eigenvalue weighted by atomic mass is 9.91. The number of ether oxygens (including phenoxy) is 1. The molecule has 0 saturated carbocycles. The summed E-state index contributed by atoms with van der Waals surface area (Å²) in [4.78, 5) is 0. The molecule has 0 fully saturated rings. The molecule has 3 aromatic carbocycles. The van der Waals surface area contributed by atoms with Gasteiger partial charge in [0.1, 0.15) is 0 Å². The average Bonchev–Trinajstić information content (AvgIpc) is 2.68. The van der Waals surface area contributed by atoms with Crippen LogP contribution < -0.4 is 10.1 Å². The van der Waals surface area contributed by atoms with E-state index in [1.807, 2.05) is 24.3 Å². The highest BCUT2D eigenvalue weighted by Crippen LogP contribution is 2.27. The molecule has 0 heterocycles. The van der Waals surface area contributed by atoms with Gasteiger partial charge in [0, 0.05) is 19.0 Å². The van der Waals surface area contributed by atoms with E-state index in [2.05, 4.69) is 53.8 Å². The maximum Gasteiger partial charge on any atom is 0.160 e.